The van der Waals surface area contributed by atoms with Crippen LogP contribution in [-0.4, -0.2) is 34.4 Å². The number of carbonyl (C=O) groups is 1. The lowest BCUT2D eigenvalue weighted by Crippen LogP contribution is -2.39. The monoisotopic (exact) mass is 321 g/mol. The molecule has 3 atom stereocenters. The lowest BCUT2D eigenvalue weighted by atomic mass is 9.92. The van der Waals surface area contributed by atoms with Crippen molar-refractivity contribution in [2.45, 2.75) is 66.1 Å². The van der Waals surface area contributed by atoms with Gasteiger partial charge in [0, 0.05) is 25.2 Å². The molecule has 0 spiro atoms. The molecule has 0 aliphatic carbocycles. The van der Waals surface area contributed by atoms with Gasteiger partial charge in [-0.15, -0.1) is 0 Å². The van der Waals surface area contributed by atoms with E-state index in [2.05, 4.69) is 31.2 Å². The molecule has 1 N–H and O–H groups in total. The molecule has 1 saturated heterocycles. The Labute approximate surface area is 139 Å². The predicted octanol–water partition coefficient (Wildman–Crippen LogP) is 2.54. The molecule has 2 rings (SSSR count). The summed E-state index contributed by atoms with van der Waals surface area (Å²) in [4.78, 5) is 12.4. The number of rotatable bonds is 5. The Balaban J connectivity index is 1.85. The highest BCUT2D eigenvalue weighted by Crippen LogP contribution is 2.24. The zero-order chi connectivity index (χ0) is 17.1. The second-order valence-electron chi connectivity index (χ2n) is 7.22. The third-order valence-electron chi connectivity index (χ3n) is 4.98. The second kappa shape index (κ2) is 7.47. The quantitative estimate of drug-likeness (QED) is 0.907. The van der Waals surface area contributed by atoms with E-state index in [9.17, 15) is 4.79 Å². The number of nitrogens with zero attached hydrogens (tertiary/aromatic N) is 2. The highest BCUT2D eigenvalue weighted by atomic mass is 16.5. The number of ether oxygens (including phenoxy) is 1. The Hall–Kier alpha value is -1.36. The number of aryl methyl sites for hydroxylation is 2. The largest absolute Gasteiger partial charge is 0.376 e. The second-order valence-corrected chi connectivity index (χ2v) is 7.22. The van der Waals surface area contributed by atoms with E-state index in [1.54, 1.807) is 0 Å². The van der Waals surface area contributed by atoms with Crippen LogP contribution in [0.4, 0.5) is 0 Å². The first-order valence-corrected chi connectivity index (χ1v) is 8.70. The third kappa shape index (κ3) is 4.56. The summed E-state index contributed by atoms with van der Waals surface area (Å²) in [5.74, 6) is 0.623. The van der Waals surface area contributed by atoms with Crippen LogP contribution in [0.1, 0.15) is 50.6 Å². The molecular formula is C18H31N3O2. The molecule has 5 nitrogen and oxygen atoms in total. The minimum absolute atomic E-state index is 0.0358. The van der Waals surface area contributed by atoms with E-state index in [0.717, 1.165) is 37.2 Å². The maximum atomic E-state index is 12.4. The van der Waals surface area contributed by atoms with E-state index < -0.39 is 0 Å². The third-order valence-corrected chi connectivity index (χ3v) is 4.98. The van der Waals surface area contributed by atoms with Crippen molar-refractivity contribution in [3.8, 4) is 0 Å². The van der Waals surface area contributed by atoms with Crippen LogP contribution in [0, 0.1) is 25.7 Å². The molecule has 0 saturated carbocycles. The average Bonchev–Trinajstić information content (AvgIpc) is 2.70. The number of hydrogen-bond acceptors (Lipinski definition) is 3. The van der Waals surface area contributed by atoms with Gasteiger partial charge in [-0.2, -0.15) is 5.10 Å². The van der Waals surface area contributed by atoms with Crippen molar-refractivity contribution in [1.82, 2.24) is 15.1 Å². The van der Waals surface area contributed by atoms with Crippen molar-refractivity contribution < 1.29 is 9.53 Å². The van der Waals surface area contributed by atoms with Crippen molar-refractivity contribution in [3.63, 3.8) is 0 Å². The number of amides is 1. The normalized spacial score (nSPS) is 26.1. The van der Waals surface area contributed by atoms with Crippen LogP contribution in [0.3, 0.4) is 0 Å². The van der Waals surface area contributed by atoms with Crippen LogP contribution in [-0.2, 0) is 23.0 Å². The summed E-state index contributed by atoms with van der Waals surface area (Å²) in [6, 6.07) is 0. The molecule has 1 aromatic rings. The fraction of sp³-hybridized carbons (Fsp3) is 0.778. The molecule has 1 aliphatic heterocycles. The first-order chi connectivity index (χ1) is 10.8. The van der Waals surface area contributed by atoms with Gasteiger partial charge < -0.3 is 10.1 Å². The van der Waals surface area contributed by atoms with Crippen molar-refractivity contribution in [1.29, 1.82) is 0 Å². The van der Waals surface area contributed by atoms with E-state index >= 15 is 0 Å². The maximum absolute atomic E-state index is 12.4. The molecule has 2 heterocycles. The topological polar surface area (TPSA) is 56.2 Å². The minimum Gasteiger partial charge on any atom is -0.376 e. The summed E-state index contributed by atoms with van der Waals surface area (Å²) in [7, 11) is 1.95. The molecule has 1 aliphatic rings. The van der Waals surface area contributed by atoms with Crippen LogP contribution in [0.2, 0.25) is 0 Å². The lowest BCUT2D eigenvalue weighted by Gasteiger charge is -2.32. The van der Waals surface area contributed by atoms with Crippen molar-refractivity contribution in [2.75, 3.05) is 6.54 Å². The standard InChI is InChI=1S/C18H31N3O2/c1-11(7-17-14(4)20-21(6)15(17)5)18(22)19-10-16-8-12(2)23-13(3)9-16/h11-13,16H,7-10H2,1-6H3,(H,19,22)/t11-,12-,13-/m0/s1. The summed E-state index contributed by atoms with van der Waals surface area (Å²) in [5.41, 5.74) is 3.37. The molecular weight excluding hydrogens is 290 g/mol. The van der Waals surface area contributed by atoms with Crippen molar-refractivity contribution in [2.24, 2.45) is 18.9 Å². The van der Waals surface area contributed by atoms with Gasteiger partial charge in [0.05, 0.1) is 17.9 Å². The first-order valence-electron chi connectivity index (χ1n) is 8.70. The Kier molecular flexibility index (Phi) is 5.84. The Morgan fingerprint density at radius 1 is 1.35 bits per heavy atom. The summed E-state index contributed by atoms with van der Waals surface area (Å²) < 4.78 is 7.65. The summed E-state index contributed by atoms with van der Waals surface area (Å²) in [6.45, 7) is 11.0. The zero-order valence-electron chi connectivity index (χ0n) is 15.3. The van der Waals surface area contributed by atoms with E-state index in [4.69, 9.17) is 4.74 Å². The van der Waals surface area contributed by atoms with Gasteiger partial charge >= 0.3 is 0 Å². The highest BCUT2D eigenvalue weighted by molar-refractivity contribution is 5.78. The summed E-state index contributed by atoms with van der Waals surface area (Å²) in [5, 5.41) is 7.57. The van der Waals surface area contributed by atoms with E-state index in [0.29, 0.717) is 18.1 Å². The zero-order valence-corrected chi connectivity index (χ0v) is 15.3. The molecule has 0 aromatic carbocycles. The lowest BCUT2D eigenvalue weighted by molar-refractivity contribution is -0.125. The number of hydrogen-bond donors (Lipinski definition) is 1. The van der Waals surface area contributed by atoms with Gasteiger partial charge in [-0.3, -0.25) is 9.48 Å². The molecule has 5 heteroatoms. The first kappa shape index (κ1) is 18.0. The fourth-order valence-corrected chi connectivity index (χ4v) is 3.64. The van der Waals surface area contributed by atoms with Gasteiger partial charge in [-0.25, -0.2) is 0 Å². The number of aromatic nitrogens is 2. The van der Waals surface area contributed by atoms with Crippen molar-refractivity contribution >= 4 is 5.91 Å². The smallest absolute Gasteiger partial charge is 0.223 e. The number of nitrogens with one attached hydrogen (secondary N) is 1. The molecule has 1 fully saturated rings. The Morgan fingerprint density at radius 3 is 2.48 bits per heavy atom. The van der Waals surface area contributed by atoms with Gasteiger partial charge in [0.2, 0.25) is 5.91 Å². The predicted molar refractivity (Wildman–Crippen MR) is 91.3 cm³/mol. The van der Waals surface area contributed by atoms with Gasteiger partial charge in [-0.05, 0) is 58.4 Å². The van der Waals surface area contributed by atoms with E-state index in [-0.39, 0.29) is 11.8 Å². The molecule has 1 aromatic heterocycles. The van der Waals surface area contributed by atoms with Gasteiger partial charge in [0.15, 0.2) is 0 Å². The van der Waals surface area contributed by atoms with Crippen LogP contribution in [0.15, 0.2) is 0 Å². The SMILES string of the molecule is Cc1nn(C)c(C)c1C[C@H](C)C(=O)NCC1C[C@H](C)O[C@@H](C)C1. The average molecular weight is 321 g/mol. The molecule has 0 radical (unpaired) electrons. The number of carbonyl (C=O) groups excluding carboxylic acids is 1. The van der Waals surface area contributed by atoms with E-state index in [1.807, 2.05) is 25.6 Å². The van der Waals surface area contributed by atoms with Crippen LogP contribution in [0.25, 0.3) is 0 Å². The van der Waals surface area contributed by atoms with Crippen LogP contribution < -0.4 is 5.32 Å². The highest BCUT2D eigenvalue weighted by Gasteiger charge is 2.25. The fourth-order valence-electron chi connectivity index (χ4n) is 3.64. The Morgan fingerprint density at radius 2 is 1.96 bits per heavy atom. The molecule has 23 heavy (non-hydrogen) atoms. The molecule has 0 bridgehead atoms. The Bertz CT molecular complexity index is 543. The molecule has 130 valence electrons. The van der Waals surface area contributed by atoms with Crippen molar-refractivity contribution in [3.05, 3.63) is 17.0 Å². The maximum Gasteiger partial charge on any atom is 0.223 e. The van der Waals surface area contributed by atoms with E-state index in [1.165, 1.54) is 5.56 Å². The van der Waals surface area contributed by atoms with Crippen LogP contribution >= 0.6 is 0 Å². The van der Waals surface area contributed by atoms with Crippen LogP contribution in [0.5, 0.6) is 0 Å². The summed E-state index contributed by atoms with van der Waals surface area (Å²) in [6.07, 6.45) is 3.38. The molecule has 1 amide bonds. The minimum atomic E-state index is -0.0358. The van der Waals surface area contributed by atoms with Gasteiger partial charge in [-0.1, -0.05) is 6.92 Å². The van der Waals surface area contributed by atoms with Gasteiger partial charge in [0.25, 0.3) is 0 Å². The summed E-state index contributed by atoms with van der Waals surface area (Å²) >= 11 is 0. The molecule has 0 unspecified atom stereocenters. The van der Waals surface area contributed by atoms with Gasteiger partial charge in [0.1, 0.15) is 0 Å².